The van der Waals surface area contributed by atoms with Crippen LogP contribution >= 0.6 is 0 Å². The number of para-hydroxylation sites is 2. The fraction of sp³-hybridized carbons (Fsp3) is 0.500. The third kappa shape index (κ3) is 17.3. The van der Waals surface area contributed by atoms with Gasteiger partial charge in [-0.1, -0.05) is 90.2 Å². The predicted molar refractivity (Wildman–Crippen MR) is 162 cm³/mol. The van der Waals surface area contributed by atoms with Gasteiger partial charge in [0, 0.05) is 11.1 Å². The Kier molecular flexibility index (Phi) is 22.4. The maximum absolute atomic E-state index is 11.6. The normalized spacial score (nSPS) is 10.0. The first-order valence-electron chi connectivity index (χ1n) is 15.1. The average Bonchev–Trinajstić information content (AvgIpc) is 2.98. The number of ether oxygens (including phenoxy) is 2. The number of carboxylic acids is 2. The van der Waals surface area contributed by atoms with Gasteiger partial charge in [0.15, 0.2) is 0 Å². The van der Waals surface area contributed by atoms with Gasteiger partial charge in [-0.3, -0.25) is 10.6 Å². The number of hydrogen-bond acceptors (Lipinski definition) is 10. The van der Waals surface area contributed by atoms with E-state index in [9.17, 15) is 39.6 Å². The zero-order valence-electron chi connectivity index (χ0n) is 26.2. The standard InChI is InChI=1S/2C16H23NO5.Zn/c2*1-2-3-4-5-6-7-11-22-16(21)17-13-10-8-9-12(14(13)18)15(19)20;/h2*8-10,18H,2-7,11H2,1H3,(H,17,21)(H,19,20);/q;;+2/p-2. The van der Waals surface area contributed by atoms with Crippen LogP contribution in [0.3, 0.4) is 0 Å². The summed E-state index contributed by atoms with van der Waals surface area (Å²) in [5.41, 5.74) is -0.799. The minimum Gasteiger partial charge on any atom is -0.545 e. The molecule has 0 aromatic heterocycles. The first-order chi connectivity index (χ1) is 21.1. The smallest absolute Gasteiger partial charge is 0.545 e. The Hall–Kier alpha value is -3.86. The van der Waals surface area contributed by atoms with Gasteiger partial charge in [0.25, 0.3) is 0 Å². The largest absolute Gasteiger partial charge is 2.00 e. The fourth-order valence-corrected chi connectivity index (χ4v) is 4.00. The molecule has 0 aliphatic heterocycles. The van der Waals surface area contributed by atoms with E-state index in [1.807, 2.05) is 0 Å². The zero-order chi connectivity index (χ0) is 32.7. The maximum Gasteiger partial charge on any atom is 2.00 e. The molecular formula is C32H44N2O10Zn. The second-order valence-corrected chi connectivity index (χ2v) is 10.0. The molecule has 0 unspecified atom stereocenters. The van der Waals surface area contributed by atoms with Gasteiger partial charge in [0.1, 0.15) is 11.5 Å². The van der Waals surface area contributed by atoms with E-state index in [1.165, 1.54) is 74.9 Å². The number of amides is 2. The molecule has 0 saturated carbocycles. The molecule has 0 bridgehead atoms. The Balaban J connectivity index is 0.000000842. The number of hydrogen-bond donors (Lipinski definition) is 4. The van der Waals surface area contributed by atoms with Crippen molar-refractivity contribution in [1.29, 1.82) is 0 Å². The van der Waals surface area contributed by atoms with Crippen LogP contribution in [0.2, 0.25) is 0 Å². The van der Waals surface area contributed by atoms with Crippen molar-refractivity contribution in [2.24, 2.45) is 0 Å². The summed E-state index contributed by atoms with van der Waals surface area (Å²) in [5.74, 6) is -4.11. The van der Waals surface area contributed by atoms with Crippen molar-refractivity contribution in [2.45, 2.75) is 90.9 Å². The summed E-state index contributed by atoms with van der Waals surface area (Å²) in [5, 5.41) is 45.6. The van der Waals surface area contributed by atoms with Crippen molar-refractivity contribution in [3.63, 3.8) is 0 Å². The molecule has 0 aliphatic carbocycles. The third-order valence-electron chi connectivity index (χ3n) is 6.45. The number of anilines is 2. The molecule has 244 valence electrons. The summed E-state index contributed by atoms with van der Waals surface area (Å²) >= 11 is 0. The van der Waals surface area contributed by atoms with E-state index < -0.39 is 35.6 Å². The number of rotatable bonds is 18. The van der Waals surface area contributed by atoms with Gasteiger partial charge in [0.05, 0.1) is 36.5 Å². The van der Waals surface area contributed by atoms with Crippen LogP contribution < -0.4 is 20.8 Å². The monoisotopic (exact) mass is 680 g/mol. The van der Waals surface area contributed by atoms with E-state index in [0.29, 0.717) is 13.2 Å². The number of unbranched alkanes of at least 4 members (excludes halogenated alkanes) is 10. The molecule has 0 radical (unpaired) electrons. The second-order valence-electron chi connectivity index (χ2n) is 10.0. The van der Waals surface area contributed by atoms with Gasteiger partial charge in [-0.15, -0.1) is 0 Å². The predicted octanol–water partition coefficient (Wildman–Crippen LogP) is 5.33. The molecule has 0 aliphatic rings. The van der Waals surface area contributed by atoms with Gasteiger partial charge in [-0.05, 0) is 37.1 Å². The summed E-state index contributed by atoms with van der Waals surface area (Å²) < 4.78 is 9.97. The second kappa shape index (κ2) is 24.5. The number of carboxylic acid groups (broad SMARTS) is 2. The minimum absolute atomic E-state index is 0. The Morgan fingerprint density at radius 1 is 0.600 bits per heavy atom. The fourth-order valence-electron chi connectivity index (χ4n) is 4.00. The number of carbonyl (C=O) groups is 4. The summed E-state index contributed by atoms with van der Waals surface area (Å²) in [6, 6.07) is 7.94. The summed E-state index contributed by atoms with van der Waals surface area (Å²) in [7, 11) is 0. The summed E-state index contributed by atoms with van der Waals surface area (Å²) in [6.07, 6.45) is 11.5. The van der Waals surface area contributed by atoms with E-state index in [1.54, 1.807) is 0 Å². The molecule has 2 amide bonds. The topological polar surface area (TPSA) is 197 Å². The molecule has 0 fully saturated rings. The quantitative estimate of drug-likeness (QED) is 0.0907. The molecule has 0 atom stereocenters. The maximum atomic E-state index is 11.6. The minimum atomic E-state index is -1.51. The van der Waals surface area contributed by atoms with Gasteiger partial charge in [0.2, 0.25) is 0 Å². The van der Waals surface area contributed by atoms with E-state index in [2.05, 4.69) is 24.5 Å². The van der Waals surface area contributed by atoms with Gasteiger partial charge < -0.3 is 39.5 Å². The van der Waals surface area contributed by atoms with Crippen LogP contribution in [-0.2, 0) is 29.0 Å². The number of nitrogens with one attached hydrogen (secondary N) is 2. The van der Waals surface area contributed by atoms with Crippen molar-refractivity contribution in [3.05, 3.63) is 47.5 Å². The summed E-state index contributed by atoms with van der Waals surface area (Å²) in [4.78, 5) is 44.7. The Labute approximate surface area is 277 Å². The first-order valence-corrected chi connectivity index (χ1v) is 15.1. The molecule has 2 aromatic rings. The molecule has 45 heavy (non-hydrogen) atoms. The van der Waals surface area contributed by atoms with Crippen LogP contribution in [-0.4, -0.2) is 47.6 Å². The number of aromatic hydroxyl groups is 2. The van der Waals surface area contributed by atoms with Crippen molar-refractivity contribution >= 4 is 35.5 Å². The van der Waals surface area contributed by atoms with Crippen LogP contribution in [0.25, 0.3) is 0 Å². The SMILES string of the molecule is CCCCCCCCOC(=O)Nc1cccc(C(=O)[O-])c1O.CCCCCCCCOC(=O)Nc1cccc(C(=O)[O-])c1O.[Zn+2]. The summed E-state index contributed by atoms with van der Waals surface area (Å²) in [6.45, 7) is 4.88. The van der Waals surface area contributed by atoms with Crippen molar-refractivity contribution in [2.75, 3.05) is 23.8 Å². The third-order valence-corrected chi connectivity index (χ3v) is 6.45. The van der Waals surface area contributed by atoms with Crippen LogP contribution in [0, 0.1) is 0 Å². The molecule has 0 heterocycles. The zero-order valence-corrected chi connectivity index (χ0v) is 29.2. The van der Waals surface area contributed by atoms with Gasteiger partial charge >= 0.3 is 31.7 Å². The van der Waals surface area contributed by atoms with Crippen molar-refractivity contribution in [3.8, 4) is 11.5 Å². The molecule has 4 N–H and O–H groups in total. The van der Waals surface area contributed by atoms with E-state index in [4.69, 9.17) is 9.47 Å². The number of carbonyl (C=O) groups excluding carboxylic acids is 4. The first kappa shape index (κ1) is 41.1. The van der Waals surface area contributed by atoms with E-state index >= 15 is 0 Å². The molecule has 13 heteroatoms. The Morgan fingerprint density at radius 3 is 1.27 bits per heavy atom. The van der Waals surface area contributed by atoms with E-state index in [-0.39, 0.29) is 42.0 Å². The Bertz CT molecular complexity index is 1100. The van der Waals surface area contributed by atoms with Gasteiger partial charge in [-0.25, -0.2) is 9.59 Å². The molecule has 0 spiro atoms. The van der Waals surface area contributed by atoms with Crippen LogP contribution in [0.1, 0.15) is 112 Å². The molecule has 2 rings (SSSR count). The molecule has 0 saturated heterocycles. The Morgan fingerprint density at radius 2 is 0.933 bits per heavy atom. The van der Waals surface area contributed by atoms with Crippen molar-refractivity contribution < 1.29 is 68.6 Å². The number of phenols is 2. The van der Waals surface area contributed by atoms with Crippen LogP contribution in [0.4, 0.5) is 21.0 Å². The number of benzene rings is 2. The molecular weight excluding hydrogens is 638 g/mol. The van der Waals surface area contributed by atoms with Crippen LogP contribution in [0.5, 0.6) is 11.5 Å². The molecule has 2 aromatic carbocycles. The van der Waals surface area contributed by atoms with Crippen LogP contribution in [0.15, 0.2) is 36.4 Å². The average molecular weight is 682 g/mol. The van der Waals surface area contributed by atoms with Gasteiger partial charge in [-0.2, -0.15) is 0 Å². The number of aromatic carboxylic acids is 2. The van der Waals surface area contributed by atoms with Crippen molar-refractivity contribution in [1.82, 2.24) is 0 Å². The van der Waals surface area contributed by atoms with E-state index in [0.717, 1.165) is 38.5 Å². The molecule has 12 nitrogen and oxygen atoms in total.